The fourth-order valence-electron chi connectivity index (χ4n) is 3.18. The topological polar surface area (TPSA) is 52.7 Å². The summed E-state index contributed by atoms with van der Waals surface area (Å²) in [7, 11) is 3.95. The summed E-state index contributed by atoms with van der Waals surface area (Å²) in [6.07, 6.45) is 0.242. The lowest BCUT2D eigenvalue weighted by Gasteiger charge is -2.19. The number of carbonyl (C=O) groups is 2. The van der Waals surface area contributed by atoms with E-state index in [2.05, 4.69) is 5.32 Å². The van der Waals surface area contributed by atoms with Gasteiger partial charge >= 0.3 is 0 Å². The number of benzene rings is 2. The van der Waals surface area contributed by atoms with Crippen molar-refractivity contribution in [3.05, 3.63) is 53.6 Å². The Morgan fingerprint density at radius 1 is 1.12 bits per heavy atom. The van der Waals surface area contributed by atoms with Gasteiger partial charge in [0.05, 0.1) is 5.92 Å². The number of nitrogens with zero attached hydrogens (tertiary/aromatic N) is 2. The first-order valence-electron chi connectivity index (χ1n) is 8.81. The molecule has 0 aromatic heterocycles. The van der Waals surface area contributed by atoms with E-state index in [1.165, 1.54) is 0 Å². The zero-order chi connectivity index (χ0) is 18.8. The molecule has 1 fully saturated rings. The standard InChI is InChI=1S/C21H25N3O2/c1-14-6-5-7-19(15(14)2)22-21(26)16-12-20(25)24(13-16)18-10-8-17(9-11-18)23(3)4/h5-11,16H,12-13H2,1-4H3,(H,22,26). The van der Waals surface area contributed by atoms with Crippen LogP contribution < -0.4 is 15.1 Å². The summed E-state index contributed by atoms with van der Waals surface area (Å²) in [6.45, 7) is 4.42. The van der Waals surface area contributed by atoms with Gasteiger partial charge in [-0.05, 0) is 55.3 Å². The van der Waals surface area contributed by atoms with Crippen LogP contribution in [0.4, 0.5) is 17.1 Å². The summed E-state index contributed by atoms with van der Waals surface area (Å²) in [5.74, 6) is -0.445. The first kappa shape index (κ1) is 18.0. The first-order valence-corrected chi connectivity index (χ1v) is 8.81. The van der Waals surface area contributed by atoms with E-state index in [-0.39, 0.29) is 24.2 Å². The van der Waals surface area contributed by atoms with Crippen LogP contribution in [0, 0.1) is 19.8 Å². The van der Waals surface area contributed by atoms with Crippen LogP contribution in [0.2, 0.25) is 0 Å². The van der Waals surface area contributed by atoms with E-state index in [0.717, 1.165) is 28.2 Å². The van der Waals surface area contributed by atoms with Crippen LogP contribution in [0.1, 0.15) is 17.5 Å². The molecular formula is C21H25N3O2. The zero-order valence-corrected chi connectivity index (χ0v) is 15.7. The van der Waals surface area contributed by atoms with Crippen molar-refractivity contribution in [3.8, 4) is 0 Å². The van der Waals surface area contributed by atoms with E-state index in [0.29, 0.717) is 6.54 Å². The van der Waals surface area contributed by atoms with E-state index in [9.17, 15) is 9.59 Å². The van der Waals surface area contributed by atoms with Gasteiger partial charge in [0.2, 0.25) is 11.8 Å². The molecule has 136 valence electrons. The van der Waals surface area contributed by atoms with Gasteiger partial charge in [0, 0.05) is 44.1 Å². The number of amides is 2. The Kier molecular flexibility index (Phi) is 4.98. The molecule has 1 heterocycles. The first-order chi connectivity index (χ1) is 12.4. The highest BCUT2D eigenvalue weighted by molar-refractivity contribution is 6.03. The van der Waals surface area contributed by atoms with E-state index in [1.807, 2.05) is 75.3 Å². The summed E-state index contributed by atoms with van der Waals surface area (Å²) in [5, 5.41) is 2.99. The molecule has 1 aliphatic heterocycles. The van der Waals surface area contributed by atoms with E-state index in [1.54, 1.807) is 4.90 Å². The zero-order valence-electron chi connectivity index (χ0n) is 15.7. The minimum atomic E-state index is -0.337. The Morgan fingerprint density at radius 3 is 2.46 bits per heavy atom. The van der Waals surface area contributed by atoms with Crippen LogP contribution in [0.5, 0.6) is 0 Å². The van der Waals surface area contributed by atoms with Gasteiger partial charge < -0.3 is 15.1 Å². The van der Waals surface area contributed by atoms with Gasteiger partial charge in [-0.3, -0.25) is 9.59 Å². The molecular weight excluding hydrogens is 326 g/mol. The van der Waals surface area contributed by atoms with Gasteiger partial charge in [-0.2, -0.15) is 0 Å². The fourth-order valence-corrected chi connectivity index (χ4v) is 3.18. The Hall–Kier alpha value is -2.82. The van der Waals surface area contributed by atoms with Crippen molar-refractivity contribution >= 4 is 28.9 Å². The van der Waals surface area contributed by atoms with Crippen LogP contribution >= 0.6 is 0 Å². The molecule has 0 aliphatic carbocycles. The lowest BCUT2D eigenvalue weighted by Crippen LogP contribution is -2.28. The lowest BCUT2D eigenvalue weighted by atomic mass is 10.1. The van der Waals surface area contributed by atoms with Crippen molar-refractivity contribution in [1.82, 2.24) is 0 Å². The number of hydrogen-bond acceptors (Lipinski definition) is 3. The highest BCUT2D eigenvalue weighted by Crippen LogP contribution is 2.28. The molecule has 5 heteroatoms. The van der Waals surface area contributed by atoms with Crippen molar-refractivity contribution in [2.24, 2.45) is 5.92 Å². The second-order valence-electron chi connectivity index (χ2n) is 7.05. The Labute approximate surface area is 154 Å². The van der Waals surface area contributed by atoms with Crippen LogP contribution in [0.3, 0.4) is 0 Å². The third-order valence-electron chi connectivity index (χ3n) is 5.04. The maximum absolute atomic E-state index is 12.6. The van der Waals surface area contributed by atoms with E-state index >= 15 is 0 Å². The maximum atomic E-state index is 12.6. The van der Waals surface area contributed by atoms with Gasteiger partial charge in [0.15, 0.2) is 0 Å². The average Bonchev–Trinajstić information content (AvgIpc) is 3.01. The van der Waals surface area contributed by atoms with Crippen molar-refractivity contribution in [2.45, 2.75) is 20.3 Å². The molecule has 0 saturated carbocycles. The number of carbonyl (C=O) groups excluding carboxylic acids is 2. The number of aryl methyl sites for hydroxylation is 1. The summed E-state index contributed by atoms with van der Waals surface area (Å²) in [5.41, 5.74) is 4.91. The molecule has 0 radical (unpaired) electrons. The summed E-state index contributed by atoms with van der Waals surface area (Å²) in [4.78, 5) is 28.8. The Morgan fingerprint density at radius 2 is 1.81 bits per heavy atom. The molecule has 5 nitrogen and oxygen atoms in total. The monoisotopic (exact) mass is 351 g/mol. The van der Waals surface area contributed by atoms with Gasteiger partial charge in [-0.1, -0.05) is 12.1 Å². The Balaban J connectivity index is 1.70. The quantitative estimate of drug-likeness (QED) is 0.919. The molecule has 26 heavy (non-hydrogen) atoms. The number of rotatable bonds is 4. The molecule has 2 aromatic rings. The fraction of sp³-hybridized carbons (Fsp3) is 0.333. The number of anilines is 3. The van der Waals surface area contributed by atoms with E-state index < -0.39 is 0 Å². The summed E-state index contributed by atoms with van der Waals surface area (Å²) >= 11 is 0. The van der Waals surface area contributed by atoms with Gasteiger partial charge in [0.25, 0.3) is 0 Å². The van der Waals surface area contributed by atoms with Crippen molar-refractivity contribution in [3.63, 3.8) is 0 Å². The average molecular weight is 351 g/mol. The smallest absolute Gasteiger partial charge is 0.229 e. The number of hydrogen-bond donors (Lipinski definition) is 1. The van der Waals surface area contributed by atoms with Crippen LogP contribution in [0.25, 0.3) is 0 Å². The molecule has 1 atom stereocenters. The molecule has 2 aromatic carbocycles. The SMILES string of the molecule is Cc1cccc(NC(=O)C2CC(=O)N(c3ccc(N(C)C)cc3)C2)c1C. The summed E-state index contributed by atoms with van der Waals surface area (Å²) in [6, 6.07) is 13.7. The predicted molar refractivity (Wildman–Crippen MR) is 106 cm³/mol. The molecule has 1 aliphatic rings. The van der Waals surface area contributed by atoms with Crippen molar-refractivity contribution in [2.75, 3.05) is 35.8 Å². The second kappa shape index (κ2) is 7.20. The van der Waals surface area contributed by atoms with Crippen molar-refractivity contribution in [1.29, 1.82) is 0 Å². The molecule has 3 rings (SSSR count). The maximum Gasteiger partial charge on any atom is 0.229 e. The van der Waals surface area contributed by atoms with Crippen LogP contribution in [-0.2, 0) is 9.59 Å². The third kappa shape index (κ3) is 3.57. The lowest BCUT2D eigenvalue weighted by molar-refractivity contribution is -0.122. The van der Waals surface area contributed by atoms with Crippen LogP contribution in [0.15, 0.2) is 42.5 Å². The minimum absolute atomic E-state index is 0.0104. The molecule has 2 amide bonds. The third-order valence-corrected chi connectivity index (χ3v) is 5.04. The van der Waals surface area contributed by atoms with Crippen LogP contribution in [-0.4, -0.2) is 32.5 Å². The molecule has 1 N–H and O–H groups in total. The largest absolute Gasteiger partial charge is 0.378 e. The van der Waals surface area contributed by atoms with Crippen molar-refractivity contribution < 1.29 is 9.59 Å². The summed E-state index contributed by atoms with van der Waals surface area (Å²) < 4.78 is 0. The molecule has 0 spiro atoms. The molecule has 0 bridgehead atoms. The highest BCUT2D eigenvalue weighted by atomic mass is 16.2. The van der Waals surface area contributed by atoms with Gasteiger partial charge in [0.1, 0.15) is 0 Å². The Bertz CT molecular complexity index is 828. The second-order valence-corrected chi connectivity index (χ2v) is 7.05. The normalized spacial score (nSPS) is 16.7. The highest BCUT2D eigenvalue weighted by Gasteiger charge is 2.35. The van der Waals surface area contributed by atoms with Gasteiger partial charge in [-0.25, -0.2) is 0 Å². The molecule has 1 unspecified atom stereocenters. The van der Waals surface area contributed by atoms with Gasteiger partial charge in [-0.15, -0.1) is 0 Å². The number of nitrogens with one attached hydrogen (secondary N) is 1. The minimum Gasteiger partial charge on any atom is -0.378 e. The molecule has 1 saturated heterocycles. The van der Waals surface area contributed by atoms with E-state index in [4.69, 9.17) is 0 Å². The predicted octanol–water partition coefficient (Wildman–Crippen LogP) is 3.36.